The number of ether oxygens (including phenoxy) is 1. The zero-order chi connectivity index (χ0) is 10.1. The molecule has 0 aromatic carbocycles. The molecule has 2 aliphatic rings. The lowest BCUT2D eigenvalue weighted by molar-refractivity contribution is -0.140. The third-order valence-corrected chi connectivity index (χ3v) is 2.15. The van der Waals surface area contributed by atoms with E-state index in [-0.39, 0.29) is 12.1 Å². The van der Waals surface area contributed by atoms with E-state index in [2.05, 4.69) is 12.3 Å². The first-order valence-corrected chi connectivity index (χ1v) is 4.40. The van der Waals surface area contributed by atoms with Gasteiger partial charge in [0.15, 0.2) is 0 Å². The van der Waals surface area contributed by atoms with E-state index in [0.29, 0.717) is 5.57 Å². The van der Waals surface area contributed by atoms with Crippen molar-refractivity contribution in [3.8, 4) is 0 Å². The van der Waals surface area contributed by atoms with Gasteiger partial charge in [-0.25, -0.2) is 4.79 Å². The Bertz CT molecular complexity index is 429. The Balaban J connectivity index is 2.09. The summed E-state index contributed by atoms with van der Waals surface area (Å²) >= 11 is 0. The van der Waals surface area contributed by atoms with E-state index >= 15 is 0 Å². The van der Waals surface area contributed by atoms with E-state index in [1.807, 2.05) is 24.3 Å². The second kappa shape index (κ2) is 3.17. The van der Waals surface area contributed by atoms with Crippen LogP contribution >= 0.6 is 0 Å². The Hall–Kier alpha value is -1.79. The van der Waals surface area contributed by atoms with Crippen molar-refractivity contribution in [3.63, 3.8) is 0 Å². The van der Waals surface area contributed by atoms with Crippen LogP contribution in [0, 0.1) is 0 Å². The van der Waals surface area contributed by atoms with Crippen molar-refractivity contribution < 1.29 is 9.53 Å². The van der Waals surface area contributed by atoms with Crippen LogP contribution in [0.15, 0.2) is 53.3 Å². The number of rotatable bonds is 2. The zero-order valence-corrected chi connectivity index (χ0v) is 7.91. The molecule has 70 valence electrons. The first-order valence-electron chi connectivity index (χ1n) is 4.40. The van der Waals surface area contributed by atoms with Gasteiger partial charge in [-0.2, -0.15) is 0 Å². The molecule has 0 amide bonds. The summed E-state index contributed by atoms with van der Waals surface area (Å²) in [6.07, 6.45) is 7.24. The van der Waals surface area contributed by atoms with Gasteiger partial charge < -0.3 is 4.74 Å². The van der Waals surface area contributed by atoms with Gasteiger partial charge in [0.1, 0.15) is 6.10 Å². The summed E-state index contributed by atoms with van der Waals surface area (Å²) in [5.41, 5.74) is 5.46. The molecular formula is C12H10O2. The Kier molecular flexibility index (Phi) is 1.99. The highest BCUT2D eigenvalue weighted by Crippen LogP contribution is 2.27. The van der Waals surface area contributed by atoms with E-state index in [1.54, 1.807) is 6.92 Å². The number of hydrogen-bond acceptors (Lipinski definition) is 2. The van der Waals surface area contributed by atoms with Crippen molar-refractivity contribution >= 4 is 5.97 Å². The molecule has 0 N–H and O–H groups in total. The van der Waals surface area contributed by atoms with Crippen LogP contribution in [0.2, 0.25) is 0 Å². The molecule has 2 rings (SSSR count). The van der Waals surface area contributed by atoms with Crippen molar-refractivity contribution in [1.82, 2.24) is 0 Å². The van der Waals surface area contributed by atoms with Crippen LogP contribution < -0.4 is 0 Å². The lowest BCUT2D eigenvalue weighted by atomic mass is 10.1. The van der Waals surface area contributed by atoms with Crippen molar-refractivity contribution in [2.75, 3.05) is 0 Å². The third-order valence-electron chi connectivity index (χ3n) is 2.15. The molecule has 0 saturated carbocycles. The molecule has 0 bridgehead atoms. The monoisotopic (exact) mass is 186 g/mol. The molecule has 0 radical (unpaired) electrons. The molecule has 0 aliphatic heterocycles. The lowest BCUT2D eigenvalue weighted by Crippen LogP contribution is -2.16. The minimum Gasteiger partial charge on any atom is -0.450 e. The van der Waals surface area contributed by atoms with Crippen LogP contribution in [0.3, 0.4) is 0 Å². The highest BCUT2D eigenvalue weighted by atomic mass is 16.5. The third kappa shape index (κ3) is 1.36. The van der Waals surface area contributed by atoms with Crippen LogP contribution in [0.25, 0.3) is 0 Å². The minimum atomic E-state index is -0.353. The molecule has 2 heteroatoms. The van der Waals surface area contributed by atoms with E-state index in [4.69, 9.17) is 4.74 Å². The predicted octanol–water partition coefficient (Wildman–Crippen LogP) is 2.07. The van der Waals surface area contributed by atoms with Gasteiger partial charge in [0, 0.05) is 11.1 Å². The molecular weight excluding hydrogens is 176 g/mol. The van der Waals surface area contributed by atoms with E-state index < -0.39 is 0 Å². The summed E-state index contributed by atoms with van der Waals surface area (Å²) in [4.78, 5) is 11.3. The molecule has 0 spiro atoms. The SMILES string of the molecule is C=C(C)C(=O)OC1C=CC2=C1C=C=C2. The maximum Gasteiger partial charge on any atom is 0.334 e. The quantitative estimate of drug-likeness (QED) is 0.375. The van der Waals surface area contributed by atoms with E-state index in [9.17, 15) is 4.79 Å². The topological polar surface area (TPSA) is 26.3 Å². The molecule has 0 heterocycles. The molecule has 2 aliphatic carbocycles. The molecule has 2 nitrogen and oxygen atoms in total. The Morgan fingerprint density at radius 1 is 1.57 bits per heavy atom. The number of carbonyl (C=O) groups is 1. The highest BCUT2D eigenvalue weighted by molar-refractivity contribution is 5.87. The van der Waals surface area contributed by atoms with Gasteiger partial charge in [0.2, 0.25) is 0 Å². The first kappa shape index (κ1) is 8.79. The normalized spacial score (nSPS) is 21.6. The van der Waals surface area contributed by atoms with Gasteiger partial charge in [0.25, 0.3) is 0 Å². The fourth-order valence-electron chi connectivity index (χ4n) is 1.39. The van der Waals surface area contributed by atoms with Crippen molar-refractivity contribution in [3.05, 3.63) is 53.3 Å². The maximum atomic E-state index is 11.3. The fourth-order valence-corrected chi connectivity index (χ4v) is 1.39. The smallest absolute Gasteiger partial charge is 0.334 e. The molecule has 14 heavy (non-hydrogen) atoms. The lowest BCUT2D eigenvalue weighted by Gasteiger charge is -2.11. The predicted molar refractivity (Wildman–Crippen MR) is 53.5 cm³/mol. The van der Waals surface area contributed by atoms with E-state index in [0.717, 1.165) is 11.1 Å². The Labute approximate surface area is 82.6 Å². The van der Waals surface area contributed by atoms with Gasteiger partial charge in [-0.1, -0.05) is 12.7 Å². The van der Waals surface area contributed by atoms with Crippen LogP contribution in [0.1, 0.15) is 6.92 Å². The van der Waals surface area contributed by atoms with Crippen LogP contribution in [-0.2, 0) is 9.53 Å². The summed E-state index contributed by atoms with van der Waals surface area (Å²) < 4.78 is 5.21. The van der Waals surface area contributed by atoms with Gasteiger partial charge in [-0.3, -0.25) is 0 Å². The largest absolute Gasteiger partial charge is 0.450 e. The van der Waals surface area contributed by atoms with Crippen molar-refractivity contribution in [2.24, 2.45) is 0 Å². The van der Waals surface area contributed by atoms with Gasteiger partial charge in [0.05, 0.1) is 0 Å². The summed E-state index contributed by atoms with van der Waals surface area (Å²) in [7, 11) is 0. The van der Waals surface area contributed by atoms with Crippen LogP contribution in [0.5, 0.6) is 0 Å². The number of allylic oxidation sites excluding steroid dienone is 2. The minimum absolute atomic E-state index is 0.263. The summed E-state index contributed by atoms with van der Waals surface area (Å²) in [5.74, 6) is -0.353. The molecule has 0 aromatic rings. The number of esters is 1. The number of hydrogen-bond donors (Lipinski definition) is 0. The fraction of sp³-hybridized carbons (Fsp3) is 0.167. The standard InChI is InChI=1S/C12H10O2/c1-8(2)12(13)14-11-7-6-9-4-3-5-10(9)11/h4-7,11H,1H2,2H3. The molecule has 1 atom stereocenters. The first-order chi connectivity index (χ1) is 6.68. The van der Waals surface area contributed by atoms with Crippen LogP contribution in [0.4, 0.5) is 0 Å². The summed E-state index contributed by atoms with van der Waals surface area (Å²) in [6, 6.07) is 0. The van der Waals surface area contributed by atoms with Crippen molar-refractivity contribution in [2.45, 2.75) is 13.0 Å². The van der Waals surface area contributed by atoms with Gasteiger partial charge in [-0.05, 0) is 30.7 Å². The summed E-state index contributed by atoms with van der Waals surface area (Å²) in [6.45, 7) is 5.17. The molecule has 0 aromatic heterocycles. The highest BCUT2D eigenvalue weighted by Gasteiger charge is 2.22. The summed E-state index contributed by atoms with van der Waals surface area (Å²) in [5, 5.41) is 0. The van der Waals surface area contributed by atoms with Crippen molar-refractivity contribution in [1.29, 1.82) is 0 Å². The Morgan fingerprint density at radius 2 is 2.36 bits per heavy atom. The molecule has 0 saturated heterocycles. The second-order valence-corrected chi connectivity index (χ2v) is 3.33. The number of carbonyl (C=O) groups excluding carboxylic acids is 1. The molecule has 1 unspecified atom stereocenters. The van der Waals surface area contributed by atoms with Gasteiger partial charge in [-0.15, -0.1) is 5.73 Å². The molecule has 0 fully saturated rings. The average Bonchev–Trinajstić information content (AvgIpc) is 2.69. The van der Waals surface area contributed by atoms with E-state index in [1.165, 1.54) is 0 Å². The van der Waals surface area contributed by atoms with Gasteiger partial charge >= 0.3 is 5.97 Å². The zero-order valence-electron chi connectivity index (χ0n) is 7.91. The van der Waals surface area contributed by atoms with Crippen LogP contribution in [-0.4, -0.2) is 12.1 Å². The average molecular weight is 186 g/mol. The maximum absolute atomic E-state index is 11.3. The Morgan fingerprint density at radius 3 is 3.07 bits per heavy atom. The second-order valence-electron chi connectivity index (χ2n) is 3.33.